The second-order valence-corrected chi connectivity index (χ2v) is 9.25. The molecule has 5 rings (SSSR count). The Bertz CT molecular complexity index is 1190. The molecule has 4 aromatic rings. The van der Waals surface area contributed by atoms with Crippen molar-refractivity contribution in [3.8, 4) is 22.5 Å². The Hall–Kier alpha value is -3.39. The van der Waals surface area contributed by atoms with Crippen molar-refractivity contribution < 1.29 is 0 Å². The number of H-pyrrole nitrogens is 1. The van der Waals surface area contributed by atoms with Crippen LogP contribution in [0.15, 0.2) is 48.5 Å². The molecule has 1 aliphatic rings. The van der Waals surface area contributed by atoms with Gasteiger partial charge >= 0.3 is 0 Å². The fourth-order valence-corrected chi connectivity index (χ4v) is 4.82. The Labute approximate surface area is 200 Å². The van der Waals surface area contributed by atoms with Crippen LogP contribution in [0.25, 0.3) is 22.5 Å². The van der Waals surface area contributed by atoms with Gasteiger partial charge in [-0.1, -0.05) is 61.9 Å². The van der Waals surface area contributed by atoms with Crippen LogP contribution in [0.4, 0.5) is 0 Å². The molecule has 0 aliphatic heterocycles. The Morgan fingerprint density at radius 2 is 1.76 bits per heavy atom. The van der Waals surface area contributed by atoms with Crippen LogP contribution in [0.5, 0.6) is 0 Å². The lowest BCUT2D eigenvalue weighted by molar-refractivity contribution is 0.374. The van der Waals surface area contributed by atoms with Gasteiger partial charge in [-0.2, -0.15) is 5.10 Å². The Morgan fingerprint density at radius 3 is 2.47 bits per heavy atom. The Morgan fingerprint density at radius 1 is 1.00 bits per heavy atom. The van der Waals surface area contributed by atoms with Crippen molar-refractivity contribution in [3.63, 3.8) is 0 Å². The highest BCUT2D eigenvalue weighted by atomic mass is 15.5. The van der Waals surface area contributed by atoms with Crippen molar-refractivity contribution in [3.05, 3.63) is 65.7 Å². The maximum Gasteiger partial charge on any atom is 0.180 e. The normalized spacial score (nSPS) is 18.3. The summed E-state index contributed by atoms with van der Waals surface area (Å²) in [6, 6.07) is 17.2. The molecule has 2 heterocycles. The fourth-order valence-electron chi connectivity index (χ4n) is 4.82. The molecule has 0 spiro atoms. The first kappa shape index (κ1) is 22.4. The average Bonchev–Trinajstić information content (AvgIpc) is 3.54. The monoisotopic (exact) mass is 456 g/mol. The number of benzene rings is 2. The number of nitrogens with one attached hydrogen (secondary N) is 1. The second-order valence-electron chi connectivity index (χ2n) is 9.25. The maximum atomic E-state index is 6.16. The van der Waals surface area contributed by atoms with Crippen LogP contribution >= 0.6 is 0 Å². The number of rotatable bonds is 8. The van der Waals surface area contributed by atoms with Crippen molar-refractivity contribution in [2.45, 2.75) is 70.4 Å². The number of hydrogen-bond donors (Lipinski definition) is 2. The van der Waals surface area contributed by atoms with E-state index in [1.165, 1.54) is 5.56 Å². The van der Waals surface area contributed by atoms with Crippen LogP contribution < -0.4 is 5.73 Å². The van der Waals surface area contributed by atoms with Gasteiger partial charge in [0.15, 0.2) is 11.6 Å². The first-order valence-electron chi connectivity index (χ1n) is 12.3. The van der Waals surface area contributed by atoms with Gasteiger partial charge in [-0.3, -0.25) is 0 Å². The zero-order chi connectivity index (χ0) is 23.3. The van der Waals surface area contributed by atoms with E-state index in [2.05, 4.69) is 62.6 Å². The van der Waals surface area contributed by atoms with E-state index >= 15 is 0 Å². The third kappa shape index (κ3) is 4.92. The molecule has 3 N–H and O–H groups in total. The topological polar surface area (TPSA) is 111 Å². The number of unbranched alkanes of at least 4 members (excludes halogenated alkanes) is 1. The fraction of sp³-hybridized carbons (Fsp3) is 0.423. The molecule has 1 fully saturated rings. The van der Waals surface area contributed by atoms with Gasteiger partial charge in [-0.15, -0.1) is 5.10 Å². The molecule has 34 heavy (non-hydrogen) atoms. The number of aromatic amines is 1. The van der Waals surface area contributed by atoms with Gasteiger partial charge in [-0.25, -0.2) is 14.8 Å². The summed E-state index contributed by atoms with van der Waals surface area (Å²) in [4.78, 5) is 4.99. The van der Waals surface area contributed by atoms with Crippen LogP contribution in [0, 0.1) is 0 Å². The number of hydrogen-bond acceptors (Lipinski definition) is 6. The van der Waals surface area contributed by atoms with E-state index in [9.17, 15) is 0 Å². The summed E-state index contributed by atoms with van der Waals surface area (Å²) >= 11 is 0. The van der Waals surface area contributed by atoms with Gasteiger partial charge in [0.1, 0.15) is 5.82 Å². The summed E-state index contributed by atoms with van der Waals surface area (Å²) in [6.45, 7) is 2.93. The first-order valence-corrected chi connectivity index (χ1v) is 12.3. The van der Waals surface area contributed by atoms with Crippen LogP contribution in [0.1, 0.15) is 68.6 Å². The molecule has 1 aliphatic carbocycles. The average molecular weight is 457 g/mol. The van der Waals surface area contributed by atoms with Gasteiger partial charge < -0.3 is 5.73 Å². The minimum absolute atomic E-state index is 0.329. The highest BCUT2D eigenvalue weighted by Gasteiger charge is 2.25. The summed E-state index contributed by atoms with van der Waals surface area (Å²) in [5.41, 5.74) is 10.6. The Kier molecular flexibility index (Phi) is 6.76. The summed E-state index contributed by atoms with van der Waals surface area (Å²) in [7, 11) is 0. The summed E-state index contributed by atoms with van der Waals surface area (Å²) < 4.78 is 2.13. The lowest BCUT2D eigenvalue weighted by Crippen LogP contribution is -2.27. The molecule has 0 bridgehead atoms. The van der Waals surface area contributed by atoms with Crippen molar-refractivity contribution in [2.24, 2.45) is 5.73 Å². The van der Waals surface area contributed by atoms with Gasteiger partial charge in [0.2, 0.25) is 0 Å². The van der Waals surface area contributed by atoms with Gasteiger partial charge in [0.05, 0.1) is 6.54 Å². The van der Waals surface area contributed by atoms with E-state index in [0.717, 1.165) is 79.8 Å². The molecule has 0 amide bonds. The SMILES string of the molecule is CCCCc1nc(C2CCC(N)CC2)n(Cc2ccc(-c3ccccc3-c3nnn[nH]3)cc2)n1. The molecule has 8 heteroatoms. The molecule has 1 saturated carbocycles. The van der Waals surface area contributed by atoms with Crippen LogP contribution in [0.2, 0.25) is 0 Å². The number of aromatic nitrogens is 7. The van der Waals surface area contributed by atoms with Crippen molar-refractivity contribution in [2.75, 3.05) is 0 Å². The van der Waals surface area contributed by atoms with Gasteiger partial charge in [0, 0.05) is 23.9 Å². The quantitative estimate of drug-likeness (QED) is 0.404. The zero-order valence-corrected chi connectivity index (χ0v) is 19.7. The molecule has 0 unspecified atom stereocenters. The zero-order valence-electron chi connectivity index (χ0n) is 19.7. The predicted octanol–water partition coefficient (Wildman–Crippen LogP) is 4.50. The van der Waals surface area contributed by atoms with Crippen LogP contribution in [0.3, 0.4) is 0 Å². The van der Waals surface area contributed by atoms with E-state index in [1.807, 2.05) is 18.2 Å². The van der Waals surface area contributed by atoms with E-state index in [1.54, 1.807) is 0 Å². The molecule has 2 aromatic heterocycles. The molecule has 0 atom stereocenters. The number of aryl methyl sites for hydroxylation is 1. The van der Waals surface area contributed by atoms with E-state index in [4.69, 9.17) is 15.8 Å². The molecule has 0 radical (unpaired) electrons. The first-order chi connectivity index (χ1) is 16.7. The predicted molar refractivity (Wildman–Crippen MR) is 132 cm³/mol. The molecule has 0 saturated heterocycles. The molecule has 176 valence electrons. The maximum absolute atomic E-state index is 6.16. The minimum atomic E-state index is 0.329. The third-order valence-corrected chi connectivity index (χ3v) is 6.76. The smallest absolute Gasteiger partial charge is 0.180 e. The number of nitrogens with zero attached hydrogens (tertiary/aromatic N) is 6. The standard InChI is InChI=1S/C26H32N8/c1-2-3-8-24-28-26(20-13-15-21(27)16-14-20)34(31-24)17-18-9-11-19(12-10-18)22-6-4-5-7-23(22)25-29-32-33-30-25/h4-7,9-12,20-21H,2-3,8,13-17,27H2,1H3,(H,29,30,32,33). The Balaban J connectivity index is 1.39. The molecular formula is C26H32N8. The summed E-state index contributed by atoms with van der Waals surface area (Å²) in [5, 5.41) is 19.3. The lowest BCUT2D eigenvalue weighted by Gasteiger charge is -2.25. The van der Waals surface area contributed by atoms with Gasteiger partial charge in [-0.05, 0) is 59.2 Å². The minimum Gasteiger partial charge on any atom is -0.328 e. The van der Waals surface area contributed by atoms with E-state index < -0.39 is 0 Å². The van der Waals surface area contributed by atoms with Gasteiger partial charge in [0.25, 0.3) is 0 Å². The van der Waals surface area contributed by atoms with Crippen molar-refractivity contribution >= 4 is 0 Å². The van der Waals surface area contributed by atoms with Crippen LogP contribution in [-0.4, -0.2) is 41.4 Å². The second kappa shape index (κ2) is 10.3. The largest absolute Gasteiger partial charge is 0.328 e. The van der Waals surface area contributed by atoms with E-state index in [0.29, 0.717) is 17.8 Å². The molecule has 2 aromatic carbocycles. The number of nitrogens with two attached hydrogens (primary N) is 1. The number of tetrazole rings is 1. The summed E-state index contributed by atoms with van der Waals surface area (Å²) in [6.07, 6.45) is 7.53. The lowest BCUT2D eigenvalue weighted by atomic mass is 9.86. The highest BCUT2D eigenvalue weighted by Crippen LogP contribution is 2.32. The van der Waals surface area contributed by atoms with Crippen molar-refractivity contribution in [1.29, 1.82) is 0 Å². The molecule has 8 nitrogen and oxygen atoms in total. The van der Waals surface area contributed by atoms with E-state index in [-0.39, 0.29) is 0 Å². The third-order valence-electron chi connectivity index (χ3n) is 6.76. The van der Waals surface area contributed by atoms with Crippen molar-refractivity contribution in [1.82, 2.24) is 35.4 Å². The van der Waals surface area contributed by atoms with Crippen LogP contribution in [-0.2, 0) is 13.0 Å². The highest BCUT2D eigenvalue weighted by molar-refractivity contribution is 5.80. The molecular weight excluding hydrogens is 424 g/mol. The summed E-state index contributed by atoms with van der Waals surface area (Å²) in [5.74, 6) is 3.21.